The van der Waals surface area contributed by atoms with E-state index in [0.29, 0.717) is 12.3 Å². The summed E-state index contributed by atoms with van der Waals surface area (Å²) in [4.78, 5) is 12.4. The van der Waals surface area contributed by atoms with Gasteiger partial charge in [0.2, 0.25) is 0 Å². The molecule has 164 valence electrons. The van der Waals surface area contributed by atoms with Crippen LogP contribution in [-0.2, 0) is 4.79 Å². The molecule has 2 nitrogen and oxygen atoms in total. The highest BCUT2D eigenvalue weighted by atomic mass is 79.9. The van der Waals surface area contributed by atoms with Gasteiger partial charge in [-0.15, -0.1) is 11.8 Å². The van der Waals surface area contributed by atoms with Gasteiger partial charge in [0.25, 0.3) is 0 Å². The molecule has 0 radical (unpaired) electrons. The Hall–Kier alpha value is -0.580. The normalized spacial score (nSPS) is 25.3. The lowest BCUT2D eigenvalue weighted by atomic mass is 9.92. The minimum atomic E-state index is -0.294. The van der Waals surface area contributed by atoms with Crippen molar-refractivity contribution in [1.29, 1.82) is 0 Å². The summed E-state index contributed by atoms with van der Waals surface area (Å²) in [7, 11) is 0. The van der Waals surface area contributed by atoms with Crippen molar-refractivity contribution in [2.75, 3.05) is 0 Å². The fraction of sp³-hybridized carbons (Fsp3) is 0.640. The van der Waals surface area contributed by atoms with Crippen molar-refractivity contribution in [2.24, 2.45) is 11.8 Å². The van der Waals surface area contributed by atoms with Gasteiger partial charge < -0.3 is 5.11 Å². The summed E-state index contributed by atoms with van der Waals surface area (Å²) in [5, 5.41) is 12.8. The average molecular weight is 484 g/mol. The van der Waals surface area contributed by atoms with Crippen LogP contribution in [0.2, 0.25) is 0 Å². The van der Waals surface area contributed by atoms with Gasteiger partial charge >= 0.3 is 0 Å². The summed E-state index contributed by atoms with van der Waals surface area (Å²) >= 11 is 5.30. The second kappa shape index (κ2) is 14.4. The third-order valence-corrected chi connectivity index (χ3v) is 7.86. The van der Waals surface area contributed by atoms with E-state index in [4.69, 9.17) is 0 Å². The van der Waals surface area contributed by atoms with Crippen LogP contribution >= 0.6 is 27.7 Å². The zero-order valence-electron chi connectivity index (χ0n) is 18.8. The molecule has 0 saturated heterocycles. The van der Waals surface area contributed by atoms with Gasteiger partial charge in [-0.05, 0) is 69.4 Å². The predicted octanol–water partition coefficient (Wildman–Crippen LogP) is 7.74. The number of hydrogen-bond donors (Lipinski definition) is 1. The maximum atomic E-state index is 12.4. The first-order valence-corrected chi connectivity index (χ1v) is 12.7. The summed E-state index contributed by atoms with van der Waals surface area (Å²) in [5.41, 5.74) is 2.43. The van der Waals surface area contributed by atoms with Gasteiger partial charge in [0.15, 0.2) is 5.78 Å². The number of thioether (sulfide) groups is 1. The zero-order valence-corrected chi connectivity index (χ0v) is 21.2. The standard InChI is InChI=1S/C25H39BrO2S/c1-6-8-9-10-15-29-25-22(20(7-2)17-24(25)28)14-13-21(27)12-11-19(5)16-23(26)18(3)4/h10,13-16,20,22,24-25,28H,6-9,11-12,17H2,1-5H3/b14-13+,15-10-,19-16+/t20-,22?,24?,25-/m1/s1. The second-order valence-corrected chi connectivity index (χ2v) is 10.3. The van der Waals surface area contributed by atoms with Gasteiger partial charge in [-0.25, -0.2) is 0 Å². The molecule has 1 aliphatic carbocycles. The molecule has 0 amide bonds. The third kappa shape index (κ3) is 9.85. The highest BCUT2D eigenvalue weighted by Gasteiger charge is 2.40. The zero-order chi connectivity index (χ0) is 21.8. The molecule has 1 N–H and O–H groups in total. The molecular formula is C25H39BrO2S. The van der Waals surface area contributed by atoms with Crippen molar-refractivity contribution in [3.63, 3.8) is 0 Å². The maximum Gasteiger partial charge on any atom is 0.155 e. The fourth-order valence-corrected chi connectivity index (χ4v) is 5.21. The lowest BCUT2D eigenvalue weighted by molar-refractivity contribution is -0.114. The molecule has 1 fully saturated rings. The summed E-state index contributed by atoms with van der Waals surface area (Å²) in [6.07, 6.45) is 14.5. The Labute approximate surface area is 191 Å². The molecule has 0 heterocycles. The van der Waals surface area contributed by atoms with Crippen molar-refractivity contribution in [3.8, 4) is 0 Å². The minimum absolute atomic E-state index is 0.150. The van der Waals surface area contributed by atoms with Crippen LogP contribution in [0.25, 0.3) is 0 Å². The lowest BCUT2D eigenvalue weighted by Crippen LogP contribution is -2.21. The molecule has 1 aliphatic rings. The van der Waals surface area contributed by atoms with E-state index in [9.17, 15) is 9.90 Å². The van der Waals surface area contributed by atoms with Crippen molar-refractivity contribution < 1.29 is 9.90 Å². The quantitative estimate of drug-likeness (QED) is 0.175. The highest BCUT2D eigenvalue weighted by molar-refractivity contribution is 9.11. The Morgan fingerprint density at radius 1 is 1.21 bits per heavy atom. The smallest absolute Gasteiger partial charge is 0.155 e. The van der Waals surface area contributed by atoms with Gasteiger partial charge in [-0.2, -0.15) is 0 Å². The minimum Gasteiger partial charge on any atom is -0.392 e. The van der Waals surface area contributed by atoms with Crippen LogP contribution < -0.4 is 0 Å². The molecule has 1 rings (SSSR count). The van der Waals surface area contributed by atoms with Crippen LogP contribution in [-0.4, -0.2) is 22.2 Å². The number of allylic oxidation sites excluding steroid dienone is 7. The van der Waals surface area contributed by atoms with E-state index in [1.807, 2.05) is 0 Å². The van der Waals surface area contributed by atoms with Crippen LogP contribution in [0.1, 0.15) is 79.6 Å². The monoisotopic (exact) mass is 482 g/mol. The molecule has 1 saturated carbocycles. The molecule has 0 aromatic heterocycles. The molecule has 0 bridgehead atoms. The summed E-state index contributed by atoms with van der Waals surface area (Å²) in [6.45, 7) is 10.6. The number of halogens is 1. The first-order valence-electron chi connectivity index (χ1n) is 11.0. The van der Waals surface area contributed by atoms with Crippen molar-refractivity contribution in [3.05, 3.63) is 45.3 Å². The first-order chi connectivity index (χ1) is 13.8. The van der Waals surface area contributed by atoms with Crippen LogP contribution in [0.15, 0.2) is 45.3 Å². The number of unbranched alkanes of at least 4 members (excludes halogenated alkanes) is 2. The largest absolute Gasteiger partial charge is 0.392 e. The third-order valence-electron chi connectivity index (χ3n) is 5.55. The topological polar surface area (TPSA) is 37.3 Å². The van der Waals surface area contributed by atoms with E-state index in [0.717, 1.165) is 30.2 Å². The SMILES string of the molecule is CCCC/C=C\S[C@H]1C(O)C[C@@H](CC)C1/C=C/C(=O)CC/C(C)=C/C(Br)=C(C)C. The van der Waals surface area contributed by atoms with Crippen molar-refractivity contribution in [2.45, 2.75) is 90.9 Å². The molecule has 29 heavy (non-hydrogen) atoms. The lowest BCUT2D eigenvalue weighted by Gasteiger charge is -2.20. The Bertz CT molecular complexity index is 629. The van der Waals surface area contributed by atoms with Gasteiger partial charge in [0.05, 0.1) is 6.10 Å². The average Bonchev–Trinajstić information content (AvgIpc) is 2.99. The summed E-state index contributed by atoms with van der Waals surface area (Å²) in [6, 6.07) is 0. The van der Waals surface area contributed by atoms with Gasteiger partial charge in [-0.3, -0.25) is 4.79 Å². The fourth-order valence-electron chi connectivity index (χ4n) is 3.60. The van der Waals surface area contributed by atoms with Crippen LogP contribution in [0.3, 0.4) is 0 Å². The van der Waals surface area contributed by atoms with E-state index in [1.165, 1.54) is 24.0 Å². The number of aliphatic hydroxyl groups excluding tert-OH is 1. The number of carbonyl (C=O) groups excluding carboxylic acids is 1. The molecule has 0 aromatic carbocycles. The predicted molar refractivity (Wildman–Crippen MR) is 132 cm³/mol. The molecule has 2 unspecified atom stereocenters. The second-order valence-electron chi connectivity index (χ2n) is 8.33. The Morgan fingerprint density at radius 2 is 1.93 bits per heavy atom. The van der Waals surface area contributed by atoms with E-state index in [-0.39, 0.29) is 23.1 Å². The highest BCUT2D eigenvalue weighted by Crippen LogP contribution is 2.42. The summed E-state index contributed by atoms with van der Waals surface area (Å²) in [5.74, 6) is 0.881. The van der Waals surface area contributed by atoms with Crippen molar-refractivity contribution >= 4 is 33.5 Å². The Balaban J connectivity index is 2.67. The van der Waals surface area contributed by atoms with Gasteiger partial charge in [0.1, 0.15) is 0 Å². The molecule has 0 aromatic rings. The van der Waals surface area contributed by atoms with E-state index >= 15 is 0 Å². The van der Waals surface area contributed by atoms with Gasteiger partial charge in [0, 0.05) is 16.2 Å². The van der Waals surface area contributed by atoms with Gasteiger partial charge in [-0.1, -0.05) is 72.3 Å². The molecule has 0 spiro atoms. The molecule has 4 heteroatoms. The van der Waals surface area contributed by atoms with Crippen LogP contribution in [0.4, 0.5) is 0 Å². The first kappa shape index (κ1) is 26.5. The maximum absolute atomic E-state index is 12.4. The number of aliphatic hydroxyl groups is 1. The number of ketones is 1. The number of hydrogen-bond acceptors (Lipinski definition) is 3. The number of carbonyl (C=O) groups is 1. The van der Waals surface area contributed by atoms with E-state index in [1.54, 1.807) is 17.8 Å². The molecule has 4 atom stereocenters. The van der Waals surface area contributed by atoms with E-state index < -0.39 is 0 Å². The summed E-state index contributed by atoms with van der Waals surface area (Å²) < 4.78 is 1.09. The van der Waals surface area contributed by atoms with Crippen LogP contribution in [0, 0.1) is 11.8 Å². The van der Waals surface area contributed by atoms with Crippen LogP contribution in [0.5, 0.6) is 0 Å². The Morgan fingerprint density at radius 3 is 2.55 bits per heavy atom. The van der Waals surface area contributed by atoms with E-state index in [2.05, 4.69) is 74.2 Å². The van der Waals surface area contributed by atoms with Crippen molar-refractivity contribution in [1.82, 2.24) is 0 Å². The number of rotatable bonds is 12. The molecule has 0 aliphatic heterocycles. The molecular weight excluding hydrogens is 444 g/mol. The Kier molecular flexibility index (Phi) is 13.2.